The van der Waals surface area contributed by atoms with E-state index in [1.807, 2.05) is 0 Å². The molecule has 2 rings (SSSR count). The number of hydrogen-bond acceptors (Lipinski definition) is 3. The normalized spacial score (nSPS) is 15.9. The van der Waals surface area contributed by atoms with Gasteiger partial charge in [-0.25, -0.2) is 9.59 Å². The van der Waals surface area contributed by atoms with E-state index in [1.54, 1.807) is 4.90 Å². The zero-order valence-corrected chi connectivity index (χ0v) is 11.8. The van der Waals surface area contributed by atoms with Gasteiger partial charge in [0.1, 0.15) is 5.56 Å². The van der Waals surface area contributed by atoms with Crippen molar-refractivity contribution in [3.8, 4) is 5.75 Å². The number of aromatic hydroxyl groups is 1. The van der Waals surface area contributed by atoms with Crippen molar-refractivity contribution in [3.05, 3.63) is 23.8 Å². The minimum Gasteiger partial charge on any atom is -0.505 e. The van der Waals surface area contributed by atoms with Crippen LogP contribution in [0, 0.1) is 0 Å². The molecular weight excluding hydrogens is 272 g/mol. The van der Waals surface area contributed by atoms with E-state index in [9.17, 15) is 14.7 Å². The molecule has 0 aromatic heterocycles. The number of nitrogens with zero attached hydrogens (tertiary/aromatic N) is 1. The predicted octanol–water partition coefficient (Wildman–Crippen LogP) is 2.89. The summed E-state index contributed by atoms with van der Waals surface area (Å²) in [7, 11) is 0. The van der Waals surface area contributed by atoms with Crippen molar-refractivity contribution >= 4 is 17.7 Å². The lowest BCUT2D eigenvalue weighted by molar-refractivity contribution is 0.0693. The molecule has 1 aliphatic heterocycles. The van der Waals surface area contributed by atoms with Crippen LogP contribution < -0.4 is 5.32 Å². The number of urea groups is 1. The van der Waals surface area contributed by atoms with Gasteiger partial charge in [0, 0.05) is 13.1 Å². The maximum atomic E-state index is 12.2. The Labute approximate surface area is 123 Å². The molecule has 21 heavy (non-hydrogen) atoms. The van der Waals surface area contributed by atoms with Crippen LogP contribution in [-0.4, -0.2) is 40.2 Å². The number of phenols is 1. The first-order valence-electron chi connectivity index (χ1n) is 7.21. The number of carbonyl (C=O) groups is 2. The molecule has 6 nitrogen and oxygen atoms in total. The van der Waals surface area contributed by atoms with Crippen molar-refractivity contribution in [3.63, 3.8) is 0 Å². The number of hydrogen-bond donors (Lipinski definition) is 3. The topological polar surface area (TPSA) is 89.9 Å². The molecule has 0 aliphatic carbocycles. The summed E-state index contributed by atoms with van der Waals surface area (Å²) in [6.45, 7) is 1.37. The zero-order valence-electron chi connectivity index (χ0n) is 11.8. The van der Waals surface area contributed by atoms with Crippen LogP contribution in [0.2, 0.25) is 0 Å². The van der Waals surface area contributed by atoms with Crippen molar-refractivity contribution in [1.29, 1.82) is 0 Å². The quantitative estimate of drug-likeness (QED) is 0.731. The minimum atomic E-state index is -1.23. The number of rotatable bonds is 2. The van der Waals surface area contributed by atoms with E-state index in [0.29, 0.717) is 13.1 Å². The van der Waals surface area contributed by atoms with E-state index in [2.05, 4.69) is 5.32 Å². The Balaban J connectivity index is 2.08. The summed E-state index contributed by atoms with van der Waals surface area (Å²) in [6.07, 6.45) is 5.37. The summed E-state index contributed by atoms with van der Waals surface area (Å²) < 4.78 is 0. The number of amides is 2. The number of para-hydroxylation sites is 1. The molecule has 2 amide bonds. The second-order valence-corrected chi connectivity index (χ2v) is 5.19. The molecule has 1 heterocycles. The largest absolute Gasteiger partial charge is 0.505 e. The number of anilines is 1. The molecule has 1 aromatic carbocycles. The van der Waals surface area contributed by atoms with Gasteiger partial charge in [0.05, 0.1) is 5.69 Å². The molecule has 0 bridgehead atoms. The Morgan fingerprint density at radius 1 is 1.05 bits per heavy atom. The van der Waals surface area contributed by atoms with E-state index >= 15 is 0 Å². The molecule has 0 saturated carbocycles. The van der Waals surface area contributed by atoms with Gasteiger partial charge in [-0.15, -0.1) is 0 Å². The lowest BCUT2D eigenvalue weighted by atomic mass is 10.1. The van der Waals surface area contributed by atoms with Crippen LogP contribution in [0.5, 0.6) is 5.75 Å². The highest BCUT2D eigenvalue weighted by molar-refractivity contribution is 5.97. The number of carbonyl (C=O) groups excluding carboxylic acids is 1. The van der Waals surface area contributed by atoms with E-state index in [4.69, 9.17) is 5.11 Å². The highest BCUT2D eigenvalue weighted by Gasteiger charge is 2.18. The Morgan fingerprint density at radius 2 is 1.67 bits per heavy atom. The molecule has 1 saturated heterocycles. The molecule has 1 fully saturated rings. The van der Waals surface area contributed by atoms with E-state index < -0.39 is 11.7 Å². The molecule has 1 aliphatic rings. The molecule has 0 atom stereocenters. The number of nitrogens with one attached hydrogen (secondary N) is 1. The molecule has 114 valence electrons. The predicted molar refractivity (Wildman–Crippen MR) is 78.7 cm³/mol. The second kappa shape index (κ2) is 6.97. The lowest BCUT2D eigenvalue weighted by Crippen LogP contribution is -2.37. The van der Waals surface area contributed by atoms with Gasteiger partial charge in [0.2, 0.25) is 0 Å². The van der Waals surface area contributed by atoms with Gasteiger partial charge in [0.25, 0.3) is 0 Å². The average molecular weight is 292 g/mol. The molecular formula is C15H20N2O4. The van der Waals surface area contributed by atoms with Gasteiger partial charge in [-0.3, -0.25) is 0 Å². The van der Waals surface area contributed by atoms with Gasteiger partial charge in [-0.2, -0.15) is 0 Å². The number of carboxylic acid groups (broad SMARTS) is 1. The van der Waals surface area contributed by atoms with Crippen molar-refractivity contribution < 1.29 is 19.8 Å². The second-order valence-electron chi connectivity index (χ2n) is 5.19. The van der Waals surface area contributed by atoms with Crippen molar-refractivity contribution in [2.75, 3.05) is 18.4 Å². The highest BCUT2D eigenvalue weighted by atomic mass is 16.4. The van der Waals surface area contributed by atoms with Crippen molar-refractivity contribution in [2.24, 2.45) is 0 Å². The van der Waals surface area contributed by atoms with Gasteiger partial charge < -0.3 is 20.4 Å². The third-order valence-corrected chi connectivity index (χ3v) is 3.65. The molecule has 3 N–H and O–H groups in total. The smallest absolute Gasteiger partial charge is 0.339 e. The monoisotopic (exact) mass is 292 g/mol. The SMILES string of the molecule is O=C(O)c1cccc(NC(=O)N2CCCCCCC2)c1O. The van der Waals surface area contributed by atoms with Crippen molar-refractivity contribution in [2.45, 2.75) is 32.1 Å². The minimum absolute atomic E-state index is 0.127. The summed E-state index contributed by atoms with van der Waals surface area (Å²) in [5, 5.41) is 21.4. The van der Waals surface area contributed by atoms with E-state index in [0.717, 1.165) is 25.7 Å². The van der Waals surface area contributed by atoms with Crippen LogP contribution in [0.3, 0.4) is 0 Å². The number of likely N-dealkylation sites (tertiary alicyclic amines) is 1. The molecule has 0 unspecified atom stereocenters. The number of aromatic carboxylic acids is 1. The maximum Gasteiger partial charge on any atom is 0.339 e. The zero-order chi connectivity index (χ0) is 15.2. The summed E-state index contributed by atoms with van der Waals surface area (Å²) >= 11 is 0. The fourth-order valence-corrected chi connectivity index (χ4v) is 2.46. The third-order valence-electron chi connectivity index (χ3n) is 3.65. The standard InChI is InChI=1S/C15H20N2O4/c18-13-11(14(19)20)7-6-8-12(13)16-15(21)17-9-4-2-1-3-5-10-17/h6-8,18H,1-5,9-10H2,(H,16,21)(H,19,20). The number of carboxylic acids is 1. The molecule has 6 heteroatoms. The van der Waals surface area contributed by atoms with Gasteiger partial charge >= 0.3 is 12.0 Å². The average Bonchev–Trinajstić information content (AvgIpc) is 2.40. The summed E-state index contributed by atoms with van der Waals surface area (Å²) in [5.41, 5.74) is -0.0950. The van der Waals surface area contributed by atoms with Crippen LogP contribution in [0.25, 0.3) is 0 Å². The maximum absolute atomic E-state index is 12.2. The van der Waals surface area contributed by atoms with Crippen LogP contribution in [0.15, 0.2) is 18.2 Å². The first-order chi connectivity index (χ1) is 10.1. The van der Waals surface area contributed by atoms with Crippen molar-refractivity contribution in [1.82, 2.24) is 4.90 Å². The lowest BCUT2D eigenvalue weighted by Gasteiger charge is -2.25. The number of benzene rings is 1. The van der Waals surface area contributed by atoms with Crippen LogP contribution >= 0.6 is 0 Å². The summed E-state index contributed by atoms with van der Waals surface area (Å²) in [5.74, 6) is -1.64. The Morgan fingerprint density at radius 3 is 2.29 bits per heavy atom. The first-order valence-corrected chi connectivity index (χ1v) is 7.21. The van der Waals surface area contributed by atoms with Gasteiger partial charge in [-0.05, 0) is 25.0 Å². The van der Waals surface area contributed by atoms with Crippen LogP contribution in [0.4, 0.5) is 10.5 Å². The van der Waals surface area contributed by atoms with Crippen LogP contribution in [-0.2, 0) is 0 Å². The molecule has 0 radical (unpaired) electrons. The van der Waals surface area contributed by atoms with E-state index in [1.165, 1.54) is 24.6 Å². The Hall–Kier alpha value is -2.24. The van der Waals surface area contributed by atoms with E-state index in [-0.39, 0.29) is 17.3 Å². The summed E-state index contributed by atoms with van der Waals surface area (Å²) in [6, 6.07) is 3.98. The molecule has 1 aromatic rings. The fourth-order valence-electron chi connectivity index (χ4n) is 2.46. The summed E-state index contributed by atoms with van der Waals surface area (Å²) in [4.78, 5) is 24.9. The third kappa shape index (κ3) is 3.87. The van der Waals surface area contributed by atoms with Gasteiger partial charge in [0.15, 0.2) is 5.75 Å². The Bertz CT molecular complexity index is 522. The fraction of sp³-hybridized carbons (Fsp3) is 0.467. The highest BCUT2D eigenvalue weighted by Crippen LogP contribution is 2.27. The van der Waals surface area contributed by atoms with Crippen LogP contribution in [0.1, 0.15) is 42.5 Å². The Kier molecular flexibility index (Phi) is 5.03. The molecule has 0 spiro atoms. The van der Waals surface area contributed by atoms with Gasteiger partial charge in [-0.1, -0.05) is 25.3 Å². The first kappa shape index (κ1) is 15.2.